The minimum Gasteiger partial charge on any atom is -0.365 e. The molecule has 0 saturated carbocycles. The van der Waals surface area contributed by atoms with Gasteiger partial charge in [0.25, 0.3) is 0 Å². The molecule has 0 amide bonds. The molecule has 1 unspecified atom stereocenters. The summed E-state index contributed by atoms with van der Waals surface area (Å²) in [6.07, 6.45) is 7.79. The van der Waals surface area contributed by atoms with Gasteiger partial charge in [-0.1, -0.05) is 18.2 Å². The Morgan fingerprint density at radius 1 is 1.07 bits per heavy atom. The first kappa shape index (κ1) is 19.2. The van der Waals surface area contributed by atoms with Crippen LogP contribution in [0.4, 0.5) is 10.1 Å². The maximum Gasteiger partial charge on any atom is 0.138 e. The van der Waals surface area contributed by atoms with Gasteiger partial charge in [0.1, 0.15) is 18.5 Å². The molecule has 1 atom stereocenters. The molecule has 5 nitrogen and oxygen atoms in total. The average Bonchev–Trinajstić information content (AvgIpc) is 3.41. The molecule has 0 radical (unpaired) electrons. The van der Waals surface area contributed by atoms with E-state index in [-0.39, 0.29) is 5.82 Å². The Hall–Kier alpha value is -2.73. The van der Waals surface area contributed by atoms with Crippen molar-refractivity contribution < 1.29 is 4.39 Å². The van der Waals surface area contributed by atoms with Crippen LogP contribution >= 0.6 is 0 Å². The summed E-state index contributed by atoms with van der Waals surface area (Å²) in [6, 6.07) is 14.7. The van der Waals surface area contributed by atoms with Gasteiger partial charge < -0.3 is 9.80 Å². The van der Waals surface area contributed by atoms with Crippen LogP contribution in [0.1, 0.15) is 30.9 Å². The second-order valence-corrected chi connectivity index (χ2v) is 8.56. The first-order valence-corrected chi connectivity index (χ1v) is 10.9. The molecule has 0 N–H and O–H groups in total. The van der Waals surface area contributed by atoms with Gasteiger partial charge in [-0.3, -0.25) is 0 Å². The number of hydrogen-bond acceptors (Lipinski definition) is 4. The number of anilines is 1. The number of hydrogen-bond donors (Lipinski definition) is 0. The van der Waals surface area contributed by atoms with Crippen molar-refractivity contribution in [2.75, 3.05) is 24.5 Å². The number of piperidine rings is 1. The fourth-order valence-corrected chi connectivity index (χ4v) is 5.02. The molecule has 0 aliphatic carbocycles. The molecule has 2 aromatic carbocycles. The Bertz CT molecular complexity index is 977. The minimum atomic E-state index is -0.161. The number of halogens is 1. The zero-order chi connectivity index (χ0) is 20.5. The predicted molar refractivity (Wildman–Crippen MR) is 117 cm³/mol. The van der Waals surface area contributed by atoms with Gasteiger partial charge in [0, 0.05) is 37.4 Å². The Morgan fingerprint density at radius 3 is 2.60 bits per heavy atom. The van der Waals surface area contributed by atoms with Crippen molar-refractivity contribution in [1.29, 1.82) is 0 Å². The number of aromatic nitrogens is 3. The summed E-state index contributed by atoms with van der Waals surface area (Å²) in [4.78, 5) is 9.28. The third-order valence-corrected chi connectivity index (χ3v) is 6.60. The van der Waals surface area contributed by atoms with Crippen molar-refractivity contribution >= 4 is 5.69 Å². The van der Waals surface area contributed by atoms with Gasteiger partial charge in [-0.05, 0) is 68.0 Å². The predicted octanol–water partition coefficient (Wildman–Crippen LogP) is 3.86. The molecule has 1 aromatic heterocycles. The maximum atomic E-state index is 13.1. The van der Waals surface area contributed by atoms with Crippen LogP contribution in [-0.2, 0) is 12.8 Å². The highest BCUT2D eigenvalue weighted by Gasteiger charge is 2.33. The van der Waals surface area contributed by atoms with Gasteiger partial charge in [-0.2, -0.15) is 5.10 Å². The molecule has 2 aliphatic rings. The van der Waals surface area contributed by atoms with Gasteiger partial charge in [0.2, 0.25) is 0 Å². The summed E-state index contributed by atoms with van der Waals surface area (Å²) >= 11 is 0. The van der Waals surface area contributed by atoms with E-state index in [0.717, 1.165) is 38.2 Å². The topological polar surface area (TPSA) is 37.2 Å². The van der Waals surface area contributed by atoms with Crippen LogP contribution in [0, 0.1) is 5.82 Å². The van der Waals surface area contributed by atoms with Gasteiger partial charge in [0.15, 0.2) is 0 Å². The second-order valence-electron chi connectivity index (χ2n) is 8.56. The van der Waals surface area contributed by atoms with Crippen LogP contribution in [0.25, 0.3) is 5.69 Å². The summed E-state index contributed by atoms with van der Waals surface area (Å²) in [5.41, 5.74) is 5.08. The lowest BCUT2D eigenvalue weighted by atomic mass is 10.0. The van der Waals surface area contributed by atoms with E-state index in [0.29, 0.717) is 12.1 Å². The first-order chi connectivity index (χ1) is 14.7. The van der Waals surface area contributed by atoms with Crippen LogP contribution in [-0.4, -0.2) is 51.4 Å². The van der Waals surface area contributed by atoms with Gasteiger partial charge in [-0.25, -0.2) is 14.1 Å². The number of rotatable bonds is 5. The average molecular weight is 406 g/mol. The standard InChI is InChI=1S/C24H28FN5/c1-18-14-20-4-7-23(29-17-26-16-27-29)15-24(20)30(18)22-9-12-28(13-10-22)11-8-19-2-5-21(25)6-3-19/h2-7,15-18,22H,8-14H2,1H3. The van der Waals surface area contributed by atoms with Crippen molar-refractivity contribution in [3.63, 3.8) is 0 Å². The Kier molecular flexibility index (Phi) is 5.25. The first-order valence-electron chi connectivity index (χ1n) is 10.9. The third kappa shape index (κ3) is 3.84. The molecule has 156 valence electrons. The van der Waals surface area contributed by atoms with Gasteiger partial charge >= 0.3 is 0 Å². The highest BCUT2D eigenvalue weighted by molar-refractivity contribution is 5.64. The van der Waals surface area contributed by atoms with Crippen LogP contribution < -0.4 is 4.90 Å². The summed E-state index contributed by atoms with van der Waals surface area (Å²) in [5.74, 6) is -0.161. The molecule has 6 heteroatoms. The summed E-state index contributed by atoms with van der Waals surface area (Å²) in [7, 11) is 0. The van der Waals surface area contributed by atoms with Gasteiger partial charge in [0.05, 0.1) is 5.69 Å². The van der Waals surface area contributed by atoms with Crippen LogP contribution in [0.3, 0.4) is 0 Å². The Morgan fingerprint density at radius 2 is 1.87 bits per heavy atom. The number of likely N-dealkylation sites (tertiary alicyclic amines) is 1. The lowest BCUT2D eigenvalue weighted by molar-refractivity contribution is 0.208. The highest BCUT2D eigenvalue weighted by Crippen LogP contribution is 2.37. The molecular formula is C24H28FN5. The van der Waals surface area contributed by atoms with E-state index in [1.165, 1.54) is 29.7 Å². The van der Waals surface area contributed by atoms with Crippen LogP contribution in [0.2, 0.25) is 0 Å². The van der Waals surface area contributed by atoms with Crippen molar-refractivity contribution in [2.24, 2.45) is 0 Å². The number of fused-ring (bicyclic) bond motifs is 1. The number of benzene rings is 2. The van der Waals surface area contributed by atoms with Crippen LogP contribution in [0.5, 0.6) is 0 Å². The van der Waals surface area contributed by atoms with Crippen molar-refractivity contribution in [1.82, 2.24) is 19.7 Å². The van der Waals surface area contributed by atoms with E-state index < -0.39 is 0 Å². The monoisotopic (exact) mass is 405 g/mol. The molecule has 0 spiro atoms. The molecule has 1 fully saturated rings. The molecule has 3 aromatic rings. The van der Waals surface area contributed by atoms with Crippen LogP contribution in [0.15, 0.2) is 55.1 Å². The zero-order valence-electron chi connectivity index (χ0n) is 17.4. The molecule has 30 heavy (non-hydrogen) atoms. The van der Waals surface area contributed by atoms with Crippen molar-refractivity contribution in [2.45, 2.75) is 44.7 Å². The Labute approximate surface area is 177 Å². The van der Waals surface area contributed by atoms with E-state index in [4.69, 9.17) is 0 Å². The normalized spacial score (nSPS) is 19.9. The van der Waals surface area contributed by atoms with E-state index in [2.05, 4.69) is 45.0 Å². The minimum absolute atomic E-state index is 0.161. The third-order valence-electron chi connectivity index (χ3n) is 6.60. The van der Waals surface area contributed by atoms with E-state index >= 15 is 0 Å². The lowest BCUT2D eigenvalue weighted by Gasteiger charge is -2.40. The highest BCUT2D eigenvalue weighted by atomic mass is 19.1. The summed E-state index contributed by atoms with van der Waals surface area (Å²) < 4.78 is 14.9. The molecule has 0 bridgehead atoms. The second kappa shape index (κ2) is 8.19. The zero-order valence-corrected chi connectivity index (χ0v) is 17.4. The molecule has 1 saturated heterocycles. The quantitative estimate of drug-likeness (QED) is 0.646. The summed E-state index contributed by atoms with van der Waals surface area (Å²) in [5, 5.41) is 4.29. The molecule has 5 rings (SSSR count). The van der Waals surface area contributed by atoms with E-state index in [1.807, 2.05) is 16.8 Å². The van der Waals surface area contributed by atoms with E-state index in [1.54, 1.807) is 24.8 Å². The smallest absolute Gasteiger partial charge is 0.138 e. The van der Waals surface area contributed by atoms with Crippen molar-refractivity contribution in [3.05, 3.63) is 72.1 Å². The number of nitrogens with zero attached hydrogens (tertiary/aromatic N) is 5. The SMILES string of the molecule is CC1Cc2ccc(-n3cncn3)cc2N1C1CCN(CCc2ccc(F)cc2)CC1. The Balaban J connectivity index is 1.23. The van der Waals surface area contributed by atoms with E-state index in [9.17, 15) is 4.39 Å². The van der Waals surface area contributed by atoms with Gasteiger partial charge in [-0.15, -0.1) is 0 Å². The lowest BCUT2D eigenvalue weighted by Crippen LogP contribution is -2.47. The largest absolute Gasteiger partial charge is 0.365 e. The fraction of sp³-hybridized carbons (Fsp3) is 0.417. The fourth-order valence-electron chi connectivity index (χ4n) is 5.02. The maximum absolute atomic E-state index is 13.1. The molecule has 3 heterocycles. The van der Waals surface area contributed by atoms with Crippen molar-refractivity contribution in [3.8, 4) is 5.69 Å². The molecular weight excluding hydrogens is 377 g/mol. The summed E-state index contributed by atoms with van der Waals surface area (Å²) in [6.45, 7) is 5.62. The molecule has 2 aliphatic heterocycles.